The molecule has 0 fully saturated rings. The van der Waals surface area contributed by atoms with E-state index in [4.69, 9.17) is 0 Å². The van der Waals surface area contributed by atoms with Crippen molar-refractivity contribution < 1.29 is 17.0 Å². The molecule has 24 heavy (non-hydrogen) atoms. The molecule has 0 aliphatic heterocycles. The zero-order valence-corrected chi connectivity index (χ0v) is 20.0. The molecule has 148 valence electrons. The summed E-state index contributed by atoms with van der Waals surface area (Å²) < 4.78 is 0. The van der Waals surface area contributed by atoms with Crippen LogP contribution in [0.25, 0.3) is 0 Å². The Morgan fingerprint density at radius 1 is 0.375 bits per heavy atom. The van der Waals surface area contributed by atoms with Crippen molar-refractivity contribution in [3.63, 3.8) is 0 Å². The fraction of sp³-hybridized carbons (Fsp3) is 1.00. The summed E-state index contributed by atoms with van der Waals surface area (Å²) in [6.45, 7) is 9.43. The van der Waals surface area contributed by atoms with E-state index in [9.17, 15) is 0 Å². The van der Waals surface area contributed by atoms with Gasteiger partial charge in [0.05, 0.1) is 24.6 Å². The van der Waals surface area contributed by atoms with Crippen LogP contribution < -0.4 is 17.0 Å². The van der Waals surface area contributed by atoms with E-state index >= 15 is 0 Å². The second-order valence-corrected chi connectivity index (χ2v) is 12.2. The second kappa shape index (κ2) is 20.2. The van der Waals surface area contributed by atoms with Crippen LogP contribution in [0.5, 0.6) is 0 Å². The van der Waals surface area contributed by atoms with Gasteiger partial charge in [0.25, 0.3) is 0 Å². The largest absolute Gasteiger partial charge is 1.00 e. The van der Waals surface area contributed by atoms with Gasteiger partial charge in [-0.1, -0.05) is 79.1 Å². The number of unbranched alkanes of at least 4 members (excludes halogenated alkanes) is 10. The molecular formula is C22H48BrP. The minimum Gasteiger partial charge on any atom is -1.00 e. The Labute approximate surface area is 166 Å². The van der Waals surface area contributed by atoms with E-state index in [2.05, 4.69) is 27.7 Å². The van der Waals surface area contributed by atoms with Crippen molar-refractivity contribution in [2.45, 2.75) is 118 Å². The topological polar surface area (TPSA) is 0 Å². The Kier molecular flexibility index (Phi) is 22.9. The van der Waals surface area contributed by atoms with Crippen molar-refractivity contribution in [3.8, 4) is 0 Å². The SMILES string of the molecule is CCCCCCC[P+](CCCC)(CCCC)CCCCCCC.[Br-]. The summed E-state index contributed by atoms with van der Waals surface area (Å²) in [4.78, 5) is 0. The van der Waals surface area contributed by atoms with E-state index in [1.165, 1.54) is 89.9 Å². The van der Waals surface area contributed by atoms with Gasteiger partial charge in [-0.05, 0) is 38.5 Å². The van der Waals surface area contributed by atoms with E-state index in [-0.39, 0.29) is 17.0 Å². The number of halogens is 1. The first-order valence-electron chi connectivity index (χ1n) is 11.1. The highest BCUT2D eigenvalue weighted by molar-refractivity contribution is 7.75. The van der Waals surface area contributed by atoms with E-state index in [1.807, 2.05) is 0 Å². The van der Waals surface area contributed by atoms with Crippen LogP contribution in [0.3, 0.4) is 0 Å². The minimum absolute atomic E-state index is 0. The first-order chi connectivity index (χ1) is 11.2. The standard InChI is InChI=1S/C22H48P.BrH/c1-5-9-13-15-17-21-23(19-11-7-3,20-12-8-4)22-18-16-14-10-6-2;/h5-22H2,1-4H3;1H/q+1;/p-1. The molecule has 0 nitrogen and oxygen atoms in total. The molecule has 0 atom stereocenters. The van der Waals surface area contributed by atoms with Gasteiger partial charge in [0.1, 0.15) is 0 Å². The molecule has 2 heteroatoms. The monoisotopic (exact) mass is 422 g/mol. The maximum Gasteiger partial charge on any atom is 0.0594 e. The fourth-order valence-corrected chi connectivity index (χ4v) is 8.86. The van der Waals surface area contributed by atoms with Crippen LogP contribution in [0.15, 0.2) is 0 Å². The Balaban J connectivity index is 0. The average Bonchev–Trinajstić information content (AvgIpc) is 2.57. The predicted molar refractivity (Wildman–Crippen MR) is 114 cm³/mol. The van der Waals surface area contributed by atoms with Gasteiger partial charge in [0, 0.05) is 7.26 Å². The molecule has 0 aliphatic rings. The summed E-state index contributed by atoms with van der Waals surface area (Å²) in [7, 11) is -0.627. The van der Waals surface area contributed by atoms with Gasteiger partial charge in [-0.2, -0.15) is 0 Å². The molecule has 0 aromatic heterocycles. The van der Waals surface area contributed by atoms with Crippen LogP contribution >= 0.6 is 7.26 Å². The highest BCUT2D eigenvalue weighted by Crippen LogP contribution is 2.61. The van der Waals surface area contributed by atoms with E-state index in [0.717, 1.165) is 0 Å². The molecule has 0 spiro atoms. The summed E-state index contributed by atoms with van der Waals surface area (Å²) in [6.07, 6.45) is 27.0. The zero-order valence-electron chi connectivity index (χ0n) is 17.6. The Hall–Kier alpha value is 0.910. The third-order valence-corrected chi connectivity index (χ3v) is 10.5. The van der Waals surface area contributed by atoms with Crippen molar-refractivity contribution in [3.05, 3.63) is 0 Å². The third kappa shape index (κ3) is 15.2. The van der Waals surface area contributed by atoms with Gasteiger partial charge in [0.2, 0.25) is 0 Å². The molecular weight excluding hydrogens is 375 g/mol. The summed E-state index contributed by atoms with van der Waals surface area (Å²) >= 11 is 0. The molecule has 0 rings (SSSR count). The maximum absolute atomic E-state index is 2.39. The molecule has 0 N–H and O–H groups in total. The van der Waals surface area contributed by atoms with Gasteiger partial charge in [-0.25, -0.2) is 0 Å². The van der Waals surface area contributed by atoms with Gasteiger partial charge in [0.15, 0.2) is 0 Å². The Bertz CT molecular complexity index is 206. The lowest BCUT2D eigenvalue weighted by Crippen LogP contribution is -3.00. The number of rotatable bonds is 18. The molecule has 0 saturated carbocycles. The molecule has 0 heterocycles. The van der Waals surface area contributed by atoms with Crippen LogP contribution in [-0.4, -0.2) is 24.6 Å². The molecule has 0 aliphatic carbocycles. The van der Waals surface area contributed by atoms with Crippen molar-refractivity contribution in [2.24, 2.45) is 0 Å². The molecule has 0 radical (unpaired) electrons. The zero-order chi connectivity index (χ0) is 17.2. The first kappa shape index (κ1) is 27.1. The van der Waals surface area contributed by atoms with Crippen molar-refractivity contribution in [1.29, 1.82) is 0 Å². The number of hydrogen-bond donors (Lipinski definition) is 0. The van der Waals surface area contributed by atoms with E-state index < -0.39 is 7.26 Å². The predicted octanol–water partition coefficient (Wildman–Crippen LogP) is 5.55. The summed E-state index contributed by atoms with van der Waals surface area (Å²) in [5.41, 5.74) is 0. The van der Waals surface area contributed by atoms with Crippen molar-refractivity contribution >= 4 is 7.26 Å². The lowest BCUT2D eigenvalue weighted by molar-refractivity contribution is -0.00000535. The van der Waals surface area contributed by atoms with E-state index in [1.54, 1.807) is 24.6 Å². The van der Waals surface area contributed by atoms with E-state index in [0.29, 0.717) is 0 Å². The maximum atomic E-state index is 2.39. The molecule has 0 bridgehead atoms. The fourth-order valence-electron chi connectivity index (χ4n) is 3.76. The van der Waals surface area contributed by atoms with Gasteiger partial charge in [-0.15, -0.1) is 0 Å². The molecule has 0 amide bonds. The third-order valence-electron chi connectivity index (χ3n) is 5.44. The van der Waals surface area contributed by atoms with Crippen LogP contribution in [0.1, 0.15) is 118 Å². The molecule has 0 unspecified atom stereocenters. The van der Waals surface area contributed by atoms with Crippen LogP contribution in [-0.2, 0) is 0 Å². The van der Waals surface area contributed by atoms with Gasteiger partial charge < -0.3 is 17.0 Å². The van der Waals surface area contributed by atoms with Gasteiger partial charge >= 0.3 is 0 Å². The van der Waals surface area contributed by atoms with Crippen LogP contribution in [0.4, 0.5) is 0 Å². The molecule has 0 saturated heterocycles. The van der Waals surface area contributed by atoms with Crippen molar-refractivity contribution in [2.75, 3.05) is 24.6 Å². The van der Waals surface area contributed by atoms with Crippen LogP contribution in [0.2, 0.25) is 0 Å². The second-order valence-electron chi connectivity index (χ2n) is 7.77. The normalized spacial score (nSPS) is 11.5. The Morgan fingerprint density at radius 2 is 0.667 bits per heavy atom. The minimum atomic E-state index is -0.627. The lowest BCUT2D eigenvalue weighted by atomic mass is 10.2. The van der Waals surface area contributed by atoms with Gasteiger partial charge in [-0.3, -0.25) is 0 Å². The molecule has 0 aromatic carbocycles. The number of hydrogen-bond acceptors (Lipinski definition) is 0. The first-order valence-corrected chi connectivity index (χ1v) is 13.6. The van der Waals surface area contributed by atoms with Crippen LogP contribution in [0, 0.1) is 0 Å². The Morgan fingerprint density at radius 3 is 1.00 bits per heavy atom. The average molecular weight is 424 g/mol. The highest BCUT2D eigenvalue weighted by atomic mass is 79.9. The van der Waals surface area contributed by atoms with Crippen molar-refractivity contribution in [1.82, 2.24) is 0 Å². The summed E-state index contributed by atoms with van der Waals surface area (Å²) in [5, 5.41) is 0. The quantitative estimate of drug-likeness (QED) is 0.200. The molecule has 0 aromatic rings. The lowest BCUT2D eigenvalue weighted by Gasteiger charge is -2.28. The summed E-state index contributed by atoms with van der Waals surface area (Å²) in [5.74, 6) is 0. The smallest absolute Gasteiger partial charge is 0.0594 e. The summed E-state index contributed by atoms with van der Waals surface area (Å²) in [6, 6.07) is 0. The highest BCUT2D eigenvalue weighted by Gasteiger charge is 2.34.